The predicted octanol–water partition coefficient (Wildman–Crippen LogP) is 11.1. The lowest BCUT2D eigenvalue weighted by Crippen LogP contribution is -2.28. The SMILES string of the molecule is CC/C=C\C/C=C\C/C=C\C/C=C\CCC(=O)OC(CO)COC(=O)CCCCCCCCCCCCCCCCCCC. The van der Waals surface area contributed by atoms with Gasteiger partial charge in [0.15, 0.2) is 6.10 Å². The van der Waals surface area contributed by atoms with E-state index >= 15 is 0 Å². The minimum Gasteiger partial charge on any atom is -0.462 e. The summed E-state index contributed by atoms with van der Waals surface area (Å²) in [6, 6.07) is 0. The van der Waals surface area contributed by atoms with Crippen LogP contribution in [0.15, 0.2) is 48.6 Å². The predicted molar refractivity (Wildman–Crippen MR) is 187 cm³/mol. The van der Waals surface area contributed by atoms with Crippen LogP contribution in [0.25, 0.3) is 0 Å². The van der Waals surface area contributed by atoms with Gasteiger partial charge in [-0.25, -0.2) is 0 Å². The van der Waals surface area contributed by atoms with Crippen LogP contribution in [0.4, 0.5) is 0 Å². The monoisotopic (exact) mass is 617 g/mol. The number of esters is 2. The maximum atomic E-state index is 12.1. The number of carbonyl (C=O) groups excluding carboxylic acids is 2. The molecule has 0 aliphatic heterocycles. The zero-order valence-corrected chi connectivity index (χ0v) is 28.7. The highest BCUT2D eigenvalue weighted by Crippen LogP contribution is 2.14. The highest BCUT2D eigenvalue weighted by Gasteiger charge is 2.15. The van der Waals surface area contributed by atoms with Crippen LogP contribution in [-0.4, -0.2) is 36.4 Å². The molecule has 0 rings (SSSR count). The minimum absolute atomic E-state index is 0.0933. The fraction of sp³-hybridized carbons (Fsp3) is 0.744. The number of aliphatic hydroxyl groups is 1. The normalized spacial score (nSPS) is 12.7. The Morgan fingerprint density at radius 2 is 0.977 bits per heavy atom. The smallest absolute Gasteiger partial charge is 0.306 e. The number of hydrogen-bond donors (Lipinski definition) is 1. The second-order valence-corrected chi connectivity index (χ2v) is 11.9. The van der Waals surface area contributed by atoms with Crippen molar-refractivity contribution in [2.75, 3.05) is 13.2 Å². The summed E-state index contributed by atoms with van der Waals surface area (Å²) in [7, 11) is 0. The number of ether oxygens (including phenoxy) is 2. The van der Waals surface area contributed by atoms with Gasteiger partial charge < -0.3 is 14.6 Å². The topological polar surface area (TPSA) is 72.8 Å². The summed E-state index contributed by atoms with van der Waals surface area (Å²) >= 11 is 0. The molecule has 0 radical (unpaired) electrons. The van der Waals surface area contributed by atoms with Gasteiger partial charge in [-0.2, -0.15) is 0 Å². The average molecular weight is 617 g/mol. The largest absolute Gasteiger partial charge is 0.462 e. The molecule has 0 spiro atoms. The van der Waals surface area contributed by atoms with Crippen molar-refractivity contribution in [2.24, 2.45) is 0 Å². The molecule has 1 atom stereocenters. The van der Waals surface area contributed by atoms with E-state index in [2.05, 4.69) is 50.3 Å². The number of rotatable bonds is 32. The molecular weight excluding hydrogens is 548 g/mol. The molecule has 1 N–H and O–H groups in total. The van der Waals surface area contributed by atoms with Gasteiger partial charge in [0.25, 0.3) is 0 Å². The maximum Gasteiger partial charge on any atom is 0.306 e. The summed E-state index contributed by atoms with van der Waals surface area (Å²) in [5.74, 6) is -0.684. The molecule has 0 heterocycles. The molecule has 0 aliphatic carbocycles. The third-order valence-corrected chi connectivity index (χ3v) is 7.65. The summed E-state index contributed by atoms with van der Waals surface area (Å²) in [6.45, 7) is 3.95. The number of allylic oxidation sites excluding steroid dienone is 8. The average Bonchev–Trinajstić information content (AvgIpc) is 3.02. The summed E-state index contributed by atoms with van der Waals surface area (Å²) in [5, 5.41) is 9.51. The first-order valence-electron chi connectivity index (χ1n) is 18.2. The fourth-order valence-electron chi connectivity index (χ4n) is 4.92. The second-order valence-electron chi connectivity index (χ2n) is 11.9. The Labute approximate surface area is 271 Å². The number of unbranched alkanes of at least 4 members (excludes halogenated alkanes) is 16. The highest BCUT2D eigenvalue weighted by atomic mass is 16.6. The lowest BCUT2D eigenvalue weighted by molar-refractivity contribution is -0.161. The zero-order valence-electron chi connectivity index (χ0n) is 28.7. The Morgan fingerprint density at radius 3 is 1.43 bits per heavy atom. The van der Waals surface area contributed by atoms with Crippen molar-refractivity contribution in [3.63, 3.8) is 0 Å². The van der Waals surface area contributed by atoms with Gasteiger partial charge in [0.1, 0.15) is 6.61 Å². The van der Waals surface area contributed by atoms with Gasteiger partial charge >= 0.3 is 11.9 Å². The molecule has 0 aliphatic rings. The van der Waals surface area contributed by atoms with Crippen LogP contribution in [0.1, 0.15) is 168 Å². The van der Waals surface area contributed by atoms with Crippen LogP contribution >= 0.6 is 0 Å². The van der Waals surface area contributed by atoms with Crippen molar-refractivity contribution in [3.8, 4) is 0 Å². The molecule has 0 saturated carbocycles. The number of carbonyl (C=O) groups is 2. The van der Waals surface area contributed by atoms with E-state index in [1.54, 1.807) is 0 Å². The van der Waals surface area contributed by atoms with Crippen LogP contribution < -0.4 is 0 Å². The van der Waals surface area contributed by atoms with Crippen LogP contribution in [-0.2, 0) is 19.1 Å². The van der Waals surface area contributed by atoms with E-state index in [0.29, 0.717) is 12.8 Å². The van der Waals surface area contributed by atoms with Gasteiger partial charge in [0.05, 0.1) is 6.61 Å². The summed E-state index contributed by atoms with van der Waals surface area (Å²) < 4.78 is 10.5. The second kappa shape index (κ2) is 35.3. The van der Waals surface area contributed by atoms with Gasteiger partial charge in [-0.05, 0) is 38.5 Å². The third-order valence-electron chi connectivity index (χ3n) is 7.65. The third kappa shape index (κ3) is 32.8. The highest BCUT2D eigenvalue weighted by molar-refractivity contribution is 5.70. The first-order chi connectivity index (χ1) is 21.6. The van der Waals surface area contributed by atoms with Crippen molar-refractivity contribution >= 4 is 11.9 Å². The number of hydrogen-bond acceptors (Lipinski definition) is 5. The Bertz CT molecular complexity index is 752. The Kier molecular flexibility index (Phi) is 33.6. The van der Waals surface area contributed by atoms with E-state index in [1.807, 2.05) is 12.2 Å². The summed E-state index contributed by atoms with van der Waals surface area (Å²) in [5.41, 5.74) is 0. The molecule has 0 aromatic carbocycles. The van der Waals surface area contributed by atoms with Gasteiger partial charge in [0.2, 0.25) is 0 Å². The van der Waals surface area contributed by atoms with Gasteiger partial charge in [-0.1, -0.05) is 165 Å². The summed E-state index contributed by atoms with van der Waals surface area (Å²) in [6.07, 6.45) is 43.3. The zero-order chi connectivity index (χ0) is 32.2. The van der Waals surface area contributed by atoms with Crippen molar-refractivity contribution in [1.82, 2.24) is 0 Å². The molecular formula is C39H68O5. The molecule has 0 amide bonds. The first-order valence-corrected chi connectivity index (χ1v) is 18.2. The molecule has 44 heavy (non-hydrogen) atoms. The molecule has 0 fully saturated rings. The fourth-order valence-corrected chi connectivity index (χ4v) is 4.92. The van der Waals surface area contributed by atoms with Crippen LogP contribution in [0.2, 0.25) is 0 Å². The molecule has 5 nitrogen and oxygen atoms in total. The molecule has 0 saturated heterocycles. The minimum atomic E-state index is -0.806. The molecule has 0 bridgehead atoms. The lowest BCUT2D eigenvalue weighted by atomic mass is 10.0. The van der Waals surface area contributed by atoms with E-state index in [9.17, 15) is 14.7 Å². The van der Waals surface area contributed by atoms with Gasteiger partial charge in [0, 0.05) is 12.8 Å². The van der Waals surface area contributed by atoms with Crippen molar-refractivity contribution in [1.29, 1.82) is 0 Å². The lowest BCUT2D eigenvalue weighted by Gasteiger charge is -2.15. The van der Waals surface area contributed by atoms with E-state index in [-0.39, 0.29) is 25.6 Å². The molecule has 1 unspecified atom stereocenters. The Balaban J connectivity index is 3.63. The Morgan fingerprint density at radius 1 is 0.545 bits per heavy atom. The quantitative estimate of drug-likeness (QED) is 0.0462. The molecule has 254 valence electrons. The molecule has 5 heteroatoms. The standard InChI is InChI=1S/C39H68O5/c1-3-5-7-9-11-13-15-17-18-19-20-22-23-25-27-29-31-33-38(41)43-36-37(35-40)44-39(42)34-32-30-28-26-24-21-16-14-12-10-8-6-4-2/h6,8,12,14,21,24,28,30,37,40H,3-5,7,9-11,13,15-20,22-23,25-27,29,31-36H2,1-2H3/b8-6-,14-12-,24-21-,30-28-. The van der Waals surface area contributed by atoms with E-state index in [0.717, 1.165) is 44.9 Å². The van der Waals surface area contributed by atoms with Crippen LogP contribution in [0, 0.1) is 0 Å². The van der Waals surface area contributed by atoms with Gasteiger partial charge in [-0.3, -0.25) is 9.59 Å². The van der Waals surface area contributed by atoms with Crippen molar-refractivity contribution in [3.05, 3.63) is 48.6 Å². The summed E-state index contributed by atoms with van der Waals surface area (Å²) in [4.78, 5) is 24.1. The van der Waals surface area contributed by atoms with E-state index in [4.69, 9.17) is 9.47 Å². The van der Waals surface area contributed by atoms with Crippen LogP contribution in [0.5, 0.6) is 0 Å². The Hall–Kier alpha value is -2.14. The molecule has 0 aromatic rings. The van der Waals surface area contributed by atoms with Gasteiger partial charge in [-0.15, -0.1) is 0 Å². The molecule has 0 aromatic heterocycles. The van der Waals surface area contributed by atoms with Crippen LogP contribution in [0.3, 0.4) is 0 Å². The first kappa shape index (κ1) is 41.9. The van der Waals surface area contributed by atoms with Crippen molar-refractivity contribution < 1.29 is 24.2 Å². The van der Waals surface area contributed by atoms with E-state index < -0.39 is 12.1 Å². The van der Waals surface area contributed by atoms with Crippen molar-refractivity contribution in [2.45, 2.75) is 174 Å². The number of aliphatic hydroxyl groups excluding tert-OH is 1. The maximum absolute atomic E-state index is 12.1. The van der Waals surface area contributed by atoms with E-state index in [1.165, 1.54) is 89.9 Å².